The molecule has 2 amide bonds. The number of carbonyl (C=O) groups excluding carboxylic acids is 1. The molecule has 2 unspecified atom stereocenters. The minimum atomic E-state index is -0.878. The number of rotatable bonds is 3. The summed E-state index contributed by atoms with van der Waals surface area (Å²) in [5, 5.41) is 14.9. The number of nitrogens with one attached hydrogen (secondary N) is 2. The van der Waals surface area contributed by atoms with Crippen LogP contribution in [0, 0.1) is 12.8 Å². The zero-order chi connectivity index (χ0) is 14.7. The van der Waals surface area contributed by atoms with Gasteiger partial charge >= 0.3 is 12.0 Å². The van der Waals surface area contributed by atoms with Gasteiger partial charge in [-0.3, -0.25) is 4.79 Å². The van der Waals surface area contributed by atoms with E-state index in [2.05, 4.69) is 10.6 Å². The van der Waals surface area contributed by atoms with Crippen LogP contribution in [0.5, 0.6) is 0 Å². The summed E-state index contributed by atoms with van der Waals surface area (Å²) in [6.45, 7) is 1.81. The number of aliphatic carboxylic acids is 1. The van der Waals surface area contributed by atoms with Crippen molar-refractivity contribution >= 4 is 29.3 Å². The number of anilines is 1. The van der Waals surface area contributed by atoms with Crippen LogP contribution in [-0.4, -0.2) is 23.1 Å². The van der Waals surface area contributed by atoms with Gasteiger partial charge < -0.3 is 15.7 Å². The molecule has 0 aliphatic heterocycles. The first kappa shape index (κ1) is 14.4. The van der Waals surface area contributed by atoms with Crippen LogP contribution >= 0.6 is 11.6 Å². The molecule has 0 bridgehead atoms. The van der Waals surface area contributed by atoms with E-state index in [-0.39, 0.29) is 12.1 Å². The Morgan fingerprint density at radius 2 is 2.10 bits per heavy atom. The number of carboxylic acid groups (broad SMARTS) is 1. The fraction of sp³-hybridized carbons (Fsp3) is 0.286. The summed E-state index contributed by atoms with van der Waals surface area (Å²) in [6.07, 6.45) is 3.67. The Morgan fingerprint density at radius 1 is 1.35 bits per heavy atom. The van der Waals surface area contributed by atoms with Crippen molar-refractivity contribution in [1.82, 2.24) is 5.32 Å². The summed E-state index contributed by atoms with van der Waals surface area (Å²) in [5.74, 6) is -1.41. The third kappa shape index (κ3) is 3.30. The molecule has 0 fully saturated rings. The van der Waals surface area contributed by atoms with Crippen molar-refractivity contribution in [2.24, 2.45) is 5.92 Å². The van der Waals surface area contributed by atoms with Crippen LogP contribution in [0.15, 0.2) is 30.4 Å². The zero-order valence-corrected chi connectivity index (χ0v) is 11.6. The molecule has 20 heavy (non-hydrogen) atoms. The Hall–Kier alpha value is -2.01. The van der Waals surface area contributed by atoms with Gasteiger partial charge in [-0.2, -0.15) is 0 Å². The molecule has 0 saturated carbocycles. The van der Waals surface area contributed by atoms with E-state index in [9.17, 15) is 9.59 Å². The molecule has 0 spiro atoms. The van der Waals surface area contributed by atoms with Crippen LogP contribution in [0.1, 0.15) is 12.0 Å². The number of amides is 2. The predicted molar refractivity (Wildman–Crippen MR) is 77.0 cm³/mol. The minimum Gasteiger partial charge on any atom is -0.481 e. The van der Waals surface area contributed by atoms with Crippen molar-refractivity contribution in [3.8, 4) is 0 Å². The van der Waals surface area contributed by atoms with Gasteiger partial charge in [0.15, 0.2) is 0 Å². The highest BCUT2D eigenvalue weighted by atomic mass is 35.5. The lowest BCUT2D eigenvalue weighted by Gasteiger charge is -2.14. The average Bonchev–Trinajstić information content (AvgIpc) is 2.83. The molecule has 0 heterocycles. The van der Waals surface area contributed by atoms with E-state index in [4.69, 9.17) is 16.7 Å². The van der Waals surface area contributed by atoms with Gasteiger partial charge in [-0.1, -0.05) is 29.8 Å². The standard InChI is InChI=1S/C14H15ClN2O3/c1-8-11(15)3-2-4-12(8)17-14(20)16-10-6-5-9(7-10)13(18)19/h2-6,9-10H,7H2,1H3,(H,18,19)(H2,16,17,20). The molecule has 1 aromatic carbocycles. The summed E-state index contributed by atoms with van der Waals surface area (Å²) in [6, 6.07) is 4.61. The van der Waals surface area contributed by atoms with Crippen molar-refractivity contribution in [1.29, 1.82) is 0 Å². The molecule has 5 nitrogen and oxygen atoms in total. The van der Waals surface area contributed by atoms with E-state index in [0.29, 0.717) is 17.1 Å². The van der Waals surface area contributed by atoms with Gasteiger partial charge in [0.25, 0.3) is 0 Å². The lowest BCUT2D eigenvalue weighted by molar-refractivity contribution is -0.140. The van der Waals surface area contributed by atoms with E-state index in [1.807, 2.05) is 6.92 Å². The highest BCUT2D eigenvalue weighted by Gasteiger charge is 2.25. The van der Waals surface area contributed by atoms with E-state index in [0.717, 1.165) is 5.56 Å². The molecule has 3 N–H and O–H groups in total. The van der Waals surface area contributed by atoms with Gasteiger partial charge in [-0.15, -0.1) is 0 Å². The molecule has 0 radical (unpaired) electrons. The van der Waals surface area contributed by atoms with Crippen molar-refractivity contribution in [2.75, 3.05) is 5.32 Å². The normalized spacial score (nSPS) is 20.7. The molecule has 0 saturated heterocycles. The summed E-state index contributed by atoms with van der Waals surface area (Å²) in [5.41, 5.74) is 1.42. The van der Waals surface area contributed by atoms with Crippen LogP contribution in [0.3, 0.4) is 0 Å². The molecule has 1 aromatic rings. The van der Waals surface area contributed by atoms with Crippen LogP contribution in [0.2, 0.25) is 5.02 Å². The molecule has 1 aliphatic carbocycles. The van der Waals surface area contributed by atoms with E-state index < -0.39 is 11.9 Å². The molecule has 2 rings (SSSR count). The fourth-order valence-corrected chi connectivity index (χ4v) is 2.23. The van der Waals surface area contributed by atoms with E-state index in [1.54, 1.807) is 30.4 Å². The maximum atomic E-state index is 11.9. The molecule has 0 aromatic heterocycles. The van der Waals surface area contributed by atoms with E-state index in [1.165, 1.54) is 0 Å². The quantitative estimate of drug-likeness (QED) is 0.750. The van der Waals surface area contributed by atoms with E-state index >= 15 is 0 Å². The van der Waals surface area contributed by atoms with Crippen molar-refractivity contribution < 1.29 is 14.7 Å². The summed E-state index contributed by atoms with van der Waals surface area (Å²) in [7, 11) is 0. The Bertz CT molecular complexity index is 572. The van der Waals surface area contributed by atoms with Crippen LogP contribution in [-0.2, 0) is 4.79 Å². The number of hydrogen-bond donors (Lipinski definition) is 3. The number of urea groups is 1. The first-order chi connectivity index (χ1) is 9.47. The Morgan fingerprint density at radius 3 is 2.75 bits per heavy atom. The highest BCUT2D eigenvalue weighted by Crippen LogP contribution is 2.23. The molecule has 1 aliphatic rings. The predicted octanol–water partition coefficient (Wildman–Crippen LogP) is 2.80. The topological polar surface area (TPSA) is 78.4 Å². The van der Waals surface area contributed by atoms with Crippen LogP contribution in [0.25, 0.3) is 0 Å². The number of carboxylic acids is 1. The summed E-state index contributed by atoms with van der Waals surface area (Å²) in [4.78, 5) is 22.7. The van der Waals surface area contributed by atoms with Crippen molar-refractivity contribution in [2.45, 2.75) is 19.4 Å². The van der Waals surface area contributed by atoms with Crippen LogP contribution in [0.4, 0.5) is 10.5 Å². The van der Waals surface area contributed by atoms with Gasteiger partial charge in [0.05, 0.1) is 12.0 Å². The third-order valence-corrected chi connectivity index (χ3v) is 3.64. The molecule has 6 heteroatoms. The Balaban J connectivity index is 1.92. The zero-order valence-electron chi connectivity index (χ0n) is 10.9. The van der Waals surface area contributed by atoms with Gasteiger partial charge in [0.2, 0.25) is 0 Å². The first-order valence-electron chi connectivity index (χ1n) is 6.21. The third-order valence-electron chi connectivity index (χ3n) is 3.23. The Kier molecular flexibility index (Phi) is 4.29. The van der Waals surface area contributed by atoms with Crippen molar-refractivity contribution in [3.63, 3.8) is 0 Å². The number of hydrogen-bond acceptors (Lipinski definition) is 2. The van der Waals surface area contributed by atoms with Gasteiger partial charge in [0, 0.05) is 10.7 Å². The van der Waals surface area contributed by atoms with Crippen molar-refractivity contribution in [3.05, 3.63) is 40.9 Å². The molecule has 2 atom stereocenters. The highest BCUT2D eigenvalue weighted by molar-refractivity contribution is 6.31. The maximum Gasteiger partial charge on any atom is 0.319 e. The van der Waals surface area contributed by atoms with Gasteiger partial charge in [-0.05, 0) is 31.0 Å². The molecule has 106 valence electrons. The number of benzene rings is 1. The van der Waals surface area contributed by atoms with Gasteiger partial charge in [-0.25, -0.2) is 4.79 Å². The summed E-state index contributed by atoms with van der Waals surface area (Å²) < 4.78 is 0. The SMILES string of the molecule is Cc1c(Cl)cccc1NC(=O)NC1C=CC(C(=O)O)C1. The smallest absolute Gasteiger partial charge is 0.319 e. The first-order valence-corrected chi connectivity index (χ1v) is 6.59. The maximum absolute atomic E-state index is 11.9. The second kappa shape index (κ2) is 5.96. The monoisotopic (exact) mass is 294 g/mol. The minimum absolute atomic E-state index is 0.268. The second-order valence-corrected chi connectivity index (χ2v) is 5.09. The molecular formula is C14H15ClN2O3. The second-order valence-electron chi connectivity index (χ2n) is 4.68. The summed E-state index contributed by atoms with van der Waals surface area (Å²) >= 11 is 5.97. The number of carbonyl (C=O) groups is 2. The lowest BCUT2D eigenvalue weighted by Crippen LogP contribution is -2.36. The largest absolute Gasteiger partial charge is 0.481 e. The lowest BCUT2D eigenvalue weighted by atomic mass is 10.1. The Labute approximate surface area is 121 Å². The van der Waals surface area contributed by atoms with Crippen LogP contribution < -0.4 is 10.6 Å². The number of halogens is 1. The van der Waals surface area contributed by atoms with Gasteiger partial charge in [0.1, 0.15) is 0 Å². The molecular weight excluding hydrogens is 280 g/mol. The average molecular weight is 295 g/mol. The fourth-order valence-electron chi connectivity index (χ4n) is 2.06.